The second kappa shape index (κ2) is 10.6. The van der Waals surface area contributed by atoms with Crippen LogP contribution in [0.3, 0.4) is 0 Å². The molecule has 0 aromatic heterocycles. The first-order valence-corrected chi connectivity index (χ1v) is 10.6. The number of carbonyl (C=O) groups is 1. The van der Waals surface area contributed by atoms with Crippen molar-refractivity contribution < 1.29 is 14.6 Å². The summed E-state index contributed by atoms with van der Waals surface area (Å²) in [6, 6.07) is 15.5. The van der Waals surface area contributed by atoms with Gasteiger partial charge in [-0.1, -0.05) is 37.2 Å². The van der Waals surface area contributed by atoms with E-state index in [2.05, 4.69) is 12.2 Å². The molecule has 2 aromatic rings. The Morgan fingerprint density at radius 3 is 2.21 bits per heavy atom. The van der Waals surface area contributed by atoms with Crippen molar-refractivity contribution in [2.24, 2.45) is 0 Å². The van der Waals surface area contributed by atoms with Crippen LogP contribution in [0.2, 0.25) is 0 Å². The molecule has 28 heavy (non-hydrogen) atoms. The molecule has 2 N–H and O–H groups in total. The molecule has 4 nitrogen and oxygen atoms in total. The van der Waals surface area contributed by atoms with Gasteiger partial charge in [-0.25, -0.2) is 0 Å². The number of unbranched alkanes of at least 4 members (excludes halogenated alkanes) is 1. The highest BCUT2D eigenvalue weighted by molar-refractivity contribution is 7.99. The summed E-state index contributed by atoms with van der Waals surface area (Å²) in [5.41, 5.74) is 0.158. The molecular weight excluding hydrogens is 370 g/mol. The van der Waals surface area contributed by atoms with Crippen LogP contribution in [-0.4, -0.2) is 35.7 Å². The van der Waals surface area contributed by atoms with Crippen LogP contribution >= 0.6 is 11.8 Å². The van der Waals surface area contributed by atoms with E-state index in [1.54, 1.807) is 11.8 Å². The Hall–Kier alpha value is -1.82. The van der Waals surface area contributed by atoms with Crippen LogP contribution < -0.4 is 10.1 Å². The van der Waals surface area contributed by atoms with E-state index < -0.39 is 5.54 Å². The van der Waals surface area contributed by atoms with E-state index in [1.165, 1.54) is 0 Å². The van der Waals surface area contributed by atoms with Gasteiger partial charge < -0.3 is 15.2 Å². The Kier molecular flexibility index (Phi) is 8.55. The third-order valence-electron chi connectivity index (χ3n) is 4.44. The molecule has 2 aromatic carbocycles. The number of nitrogens with one attached hydrogen (secondary N) is 1. The molecule has 1 unspecified atom stereocenters. The van der Waals surface area contributed by atoms with Crippen LogP contribution in [0, 0.1) is 0 Å². The minimum absolute atomic E-state index is 0.00744. The van der Waals surface area contributed by atoms with Gasteiger partial charge in [-0.15, -0.1) is 0 Å². The van der Waals surface area contributed by atoms with Crippen LogP contribution in [0.4, 0.5) is 0 Å². The van der Waals surface area contributed by atoms with Gasteiger partial charge >= 0.3 is 0 Å². The van der Waals surface area contributed by atoms with Crippen molar-refractivity contribution in [3.63, 3.8) is 0 Å². The third-order valence-corrected chi connectivity index (χ3v) is 5.45. The number of Topliss-reactive ketones (excluding diaryl/α,β-unsaturated/α-hetero) is 1. The molecule has 0 bridgehead atoms. The van der Waals surface area contributed by atoms with E-state index in [1.807, 2.05) is 69.3 Å². The van der Waals surface area contributed by atoms with E-state index in [0.29, 0.717) is 0 Å². The zero-order valence-corrected chi connectivity index (χ0v) is 18.0. The summed E-state index contributed by atoms with van der Waals surface area (Å²) >= 11 is 1.63. The molecule has 0 saturated heterocycles. The van der Waals surface area contributed by atoms with Crippen molar-refractivity contribution in [3.8, 4) is 5.75 Å². The van der Waals surface area contributed by atoms with Gasteiger partial charge in [0.2, 0.25) is 0 Å². The Balaban J connectivity index is 1.97. The standard InChI is InChI=1S/C23H31NO3S/c1-5-6-15-24-23(3,4)22(26)18-7-11-20(12-8-18)28-21-13-9-19(10-14-21)27-17(2)16-25/h7-14,17,24-25H,5-6,15-16H2,1-4H3. The first-order valence-electron chi connectivity index (χ1n) is 9.81. The van der Waals surface area contributed by atoms with Crippen molar-refractivity contribution in [2.75, 3.05) is 13.2 Å². The minimum atomic E-state index is -0.564. The average Bonchev–Trinajstić information content (AvgIpc) is 2.69. The first-order chi connectivity index (χ1) is 13.4. The number of ether oxygens (including phenoxy) is 1. The second-order valence-electron chi connectivity index (χ2n) is 7.44. The quantitative estimate of drug-likeness (QED) is 0.412. The molecule has 0 aliphatic rings. The van der Waals surface area contributed by atoms with Crippen molar-refractivity contribution >= 4 is 17.5 Å². The summed E-state index contributed by atoms with van der Waals surface area (Å²) in [5, 5.41) is 12.4. The highest BCUT2D eigenvalue weighted by atomic mass is 32.2. The lowest BCUT2D eigenvalue weighted by molar-refractivity contribution is 0.0882. The normalized spacial score (nSPS) is 12.6. The van der Waals surface area contributed by atoms with Crippen LogP contribution in [0.5, 0.6) is 5.75 Å². The molecule has 0 aliphatic carbocycles. The van der Waals surface area contributed by atoms with Crippen LogP contribution in [-0.2, 0) is 0 Å². The second-order valence-corrected chi connectivity index (χ2v) is 8.59. The van der Waals surface area contributed by atoms with Gasteiger partial charge in [0.1, 0.15) is 11.9 Å². The lowest BCUT2D eigenvalue weighted by Crippen LogP contribution is -2.47. The molecule has 5 heteroatoms. The average molecular weight is 402 g/mol. The Bertz CT molecular complexity index is 741. The van der Waals surface area contributed by atoms with Gasteiger partial charge in [0.15, 0.2) is 5.78 Å². The third kappa shape index (κ3) is 6.66. The lowest BCUT2D eigenvalue weighted by atomic mass is 9.93. The maximum absolute atomic E-state index is 12.8. The molecule has 152 valence electrons. The summed E-state index contributed by atoms with van der Waals surface area (Å²) in [6.07, 6.45) is 1.95. The Morgan fingerprint density at radius 2 is 1.68 bits per heavy atom. The molecule has 1 atom stereocenters. The number of hydrogen-bond acceptors (Lipinski definition) is 5. The van der Waals surface area contributed by atoms with Gasteiger partial charge in [0.25, 0.3) is 0 Å². The van der Waals surface area contributed by atoms with Gasteiger partial charge in [0, 0.05) is 15.4 Å². The monoisotopic (exact) mass is 401 g/mol. The van der Waals surface area contributed by atoms with E-state index in [0.717, 1.165) is 40.5 Å². The number of rotatable bonds is 11. The fraction of sp³-hybridized carbons (Fsp3) is 0.435. The predicted molar refractivity (Wildman–Crippen MR) is 116 cm³/mol. The van der Waals surface area contributed by atoms with Crippen LogP contribution in [0.1, 0.15) is 50.9 Å². The van der Waals surface area contributed by atoms with E-state index in [9.17, 15) is 4.79 Å². The molecule has 0 fully saturated rings. The molecular formula is C23H31NO3S. The largest absolute Gasteiger partial charge is 0.488 e. The maximum Gasteiger partial charge on any atom is 0.182 e. The molecule has 2 rings (SSSR count). The molecule has 0 amide bonds. The van der Waals surface area contributed by atoms with E-state index in [4.69, 9.17) is 9.84 Å². The number of aliphatic hydroxyl groups is 1. The highest BCUT2D eigenvalue weighted by Crippen LogP contribution is 2.30. The Morgan fingerprint density at radius 1 is 1.11 bits per heavy atom. The fourth-order valence-corrected chi connectivity index (χ4v) is 3.50. The van der Waals surface area contributed by atoms with Gasteiger partial charge in [0.05, 0.1) is 12.1 Å². The van der Waals surface area contributed by atoms with Crippen molar-refractivity contribution in [1.82, 2.24) is 5.32 Å². The van der Waals surface area contributed by atoms with E-state index in [-0.39, 0.29) is 18.5 Å². The lowest BCUT2D eigenvalue weighted by Gasteiger charge is -2.25. The fourth-order valence-electron chi connectivity index (χ4n) is 2.69. The number of carbonyl (C=O) groups excluding carboxylic acids is 1. The smallest absolute Gasteiger partial charge is 0.182 e. The molecule has 0 heterocycles. The molecule has 0 saturated carbocycles. The van der Waals surface area contributed by atoms with Gasteiger partial charge in [-0.05, 0) is 70.1 Å². The highest BCUT2D eigenvalue weighted by Gasteiger charge is 2.27. The van der Waals surface area contributed by atoms with Crippen molar-refractivity contribution in [1.29, 1.82) is 0 Å². The molecule has 0 radical (unpaired) electrons. The van der Waals surface area contributed by atoms with Gasteiger partial charge in [-0.3, -0.25) is 4.79 Å². The van der Waals surface area contributed by atoms with Crippen molar-refractivity contribution in [2.45, 2.75) is 62.0 Å². The SMILES string of the molecule is CCCCNC(C)(C)C(=O)c1ccc(Sc2ccc(OC(C)CO)cc2)cc1. The number of ketones is 1. The Labute approximate surface area is 172 Å². The predicted octanol–water partition coefficient (Wildman–Crippen LogP) is 4.95. The minimum Gasteiger partial charge on any atom is -0.488 e. The zero-order chi connectivity index (χ0) is 20.6. The first kappa shape index (κ1) is 22.5. The summed E-state index contributed by atoms with van der Waals surface area (Å²) in [7, 11) is 0. The zero-order valence-electron chi connectivity index (χ0n) is 17.2. The number of benzene rings is 2. The van der Waals surface area contributed by atoms with Gasteiger partial charge in [-0.2, -0.15) is 0 Å². The van der Waals surface area contributed by atoms with Crippen molar-refractivity contribution in [3.05, 3.63) is 54.1 Å². The number of hydrogen-bond donors (Lipinski definition) is 2. The topological polar surface area (TPSA) is 58.6 Å². The summed E-state index contributed by atoms with van der Waals surface area (Å²) in [4.78, 5) is 14.9. The summed E-state index contributed by atoms with van der Waals surface area (Å²) < 4.78 is 5.57. The number of aliphatic hydroxyl groups excluding tert-OH is 1. The van der Waals surface area contributed by atoms with Crippen LogP contribution in [0.15, 0.2) is 58.3 Å². The van der Waals surface area contributed by atoms with Crippen LogP contribution in [0.25, 0.3) is 0 Å². The molecule has 0 spiro atoms. The summed E-state index contributed by atoms with van der Waals surface area (Å²) in [6.45, 7) is 8.69. The summed E-state index contributed by atoms with van der Waals surface area (Å²) in [5.74, 6) is 0.851. The molecule has 0 aliphatic heterocycles. The van der Waals surface area contributed by atoms with E-state index >= 15 is 0 Å². The maximum atomic E-state index is 12.8.